The van der Waals surface area contributed by atoms with Crippen LogP contribution in [0.3, 0.4) is 0 Å². The number of rotatable bonds is 5. The van der Waals surface area contributed by atoms with Gasteiger partial charge in [-0.05, 0) is 92.0 Å². The molecule has 1 fully saturated rings. The maximum Gasteiger partial charge on any atom is 0.164 e. The normalized spacial score (nSPS) is 20.8. The van der Waals surface area contributed by atoms with Crippen LogP contribution in [-0.2, 0) is 12.8 Å². The lowest BCUT2D eigenvalue weighted by atomic mass is 9.64. The first kappa shape index (κ1) is 23.6. The fourth-order valence-corrected chi connectivity index (χ4v) is 5.81. The highest BCUT2D eigenvalue weighted by molar-refractivity contribution is 5.89. The molecule has 0 bridgehead atoms. The Morgan fingerprint density at radius 1 is 1.14 bits per heavy atom. The van der Waals surface area contributed by atoms with Gasteiger partial charge in [-0.25, -0.2) is 0 Å². The molecule has 35 heavy (non-hydrogen) atoms. The van der Waals surface area contributed by atoms with Gasteiger partial charge in [0.15, 0.2) is 11.5 Å². The molecule has 4 nitrogen and oxygen atoms in total. The highest BCUT2D eigenvalue weighted by Gasteiger charge is 2.43. The molecule has 1 aliphatic carbocycles. The third kappa shape index (κ3) is 4.71. The number of benzene rings is 2. The van der Waals surface area contributed by atoms with Gasteiger partial charge < -0.3 is 19.6 Å². The van der Waals surface area contributed by atoms with Crippen molar-refractivity contribution in [1.29, 1.82) is 0 Å². The Labute approximate surface area is 208 Å². The third-order valence-corrected chi connectivity index (χ3v) is 7.84. The predicted molar refractivity (Wildman–Crippen MR) is 144 cm³/mol. The van der Waals surface area contributed by atoms with Gasteiger partial charge in [0.05, 0.1) is 7.11 Å². The van der Waals surface area contributed by atoms with Gasteiger partial charge in [0, 0.05) is 28.9 Å². The van der Waals surface area contributed by atoms with Crippen molar-refractivity contribution in [3.8, 4) is 17.2 Å². The molecule has 0 radical (unpaired) electrons. The fourth-order valence-electron chi connectivity index (χ4n) is 5.81. The Morgan fingerprint density at radius 3 is 2.66 bits per heavy atom. The number of allylic oxidation sites excluding steroid dienone is 2. The van der Waals surface area contributed by atoms with Crippen molar-refractivity contribution in [3.05, 3.63) is 64.4 Å². The van der Waals surface area contributed by atoms with E-state index in [1.54, 1.807) is 7.11 Å². The summed E-state index contributed by atoms with van der Waals surface area (Å²) < 4.78 is 12.3. The number of nitrogens with one attached hydrogen (secondary N) is 1. The smallest absolute Gasteiger partial charge is 0.164 e. The first-order valence-corrected chi connectivity index (χ1v) is 12.8. The second-order valence-electron chi connectivity index (χ2n) is 11.2. The Balaban J connectivity index is 1.44. The first-order chi connectivity index (χ1) is 16.7. The lowest BCUT2D eigenvalue weighted by molar-refractivity contribution is -0.00708. The Kier molecular flexibility index (Phi) is 6.16. The number of ether oxygens (including phenoxy) is 2. The standard InChI is InChI=1S/C31H37NO3/c1-19(2)8-11-23-18-24-26(32-23)14-21(15-27(24)33)10-9-20-13-22-17-25-28(7-6-12-31(25,3)4)35-30(22)29(16-20)34-5/h8-10,13-16,18,25,28,32-33H,6-7,11-12,17H2,1-5H3. The van der Waals surface area contributed by atoms with E-state index in [9.17, 15) is 5.11 Å². The van der Waals surface area contributed by atoms with Crippen molar-refractivity contribution in [2.75, 3.05) is 7.11 Å². The van der Waals surface area contributed by atoms with Gasteiger partial charge in [-0.15, -0.1) is 0 Å². The topological polar surface area (TPSA) is 54.5 Å². The number of hydrogen-bond donors (Lipinski definition) is 2. The molecule has 184 valence electrons. The van der Waals surface area contributed by atoms with Crippen LogP contribution in [0.25, 0.3) is 23.1 Å². The molecule has 1 aliphatic heterocycles. The summed E-state index contributed by atoms with van der Waals surface area (Å²) in [5, 5.41) is 11.5. The van der Waals surface area contributed by atoms with Crippen LogP contribution in [0.15, 0.2) is 42.0 Å². The third-order valence-electron chi connectivity index (χ3n) is 7.84. The molecule has 4 heteroatoms. The van der Waals surface area contributed by atoms with E-state index >= 15 is 0 Å². The average molecular weight is 472 g/mol. The number of phenols is 1. The molecule has 2 atom stereocenters. The monoisotopic (exact) mass is 471 g/mol. The van der Waals surface area contributed by atoms with Crippen LogP contribution in [-0.4, -0.2) is 23.3 Å². The van der Waals surface area contributed by atoms with E-state index in [4.69, 9.17) is 9.47 Å². The molecule has 0 amide bonds. The second kappa shape index (κ2) is 9.14. The number of aromatic hydroxyl groups is 1. The summed E-state index contributed by atoms with van der Waals surface area (Å²) in [5.41, 5.74) is 6.87. The number of aromatic amines is 1. The van der Waals surface area contributed by atoms with Crippen molar-refractivity contribution in [3.63, 3.8) is 0 Å². The molecule has 2 aromatic carbocycles. The van der Waals surface area contributed by atoms with Gasteiger partial charge in [0.25, 0.3) is 0 Å². The molecule has 3 aromatic rings. The molecular weight excluding hydrogens is 434 g/mol. The summed E-state index contributed by atoms with van der Waals surface area (Å²) in [6.45, 7) is 8.96. The Bertz CT molecular complexity index is 1310. The molecular formula is C31H37NO3. The highest BCUT2D eigenvalue weighted by Crippen LogP contribution is 2.50. The zero-order valence-electron chi connectivity index (χ0n) is 21.6. The van der Waals surface area contributed by atoms with E-state index in [0.717, 1.165) is 58.5 Å². The quantitative estimate of drug-likeness (QED) is 0.296. The van der Waals surface area contributed by atoms with Gasteiger partial charge in [0.2, 0.25) is 0 Å². The SMILES string of the molecule is COc1cc(C=Cc2cc(O)c3cc(CC=C(C)C)[nH]c3c2)cc2c1OC1CCCC(C)(C)C1C2. The van der Waals surface area contributed by atoms with Gasteiger partial charge in [-0.2, -0.15) is 0 Å². The van der Waals surface area contributed by atoms with Crippen LogP contribution in [0.2, 0.25) is 0 Å². The summed E-state index contributed by atoms with van der Waals surface area (Å²) in [4.78, 5) is 3.45. The van der Waals surface area contributed by atoms with E-state index in [1.165, 1.54) is 24.0 Å². The largest absolute Gasteiger partial charge is 0.507 e. The molecule has 1 saturated carbocycles. The Morgan fingerprint density at radius 2 is 1.91 bits per heavy atom. The average Bonchev–Trinajstić information content (AvgIpc) is 3.23. The summed E-state index contributed by atoms with van der Waals surface area (Å²) >= 11 is 0. The van der Waals surface area contributed by atoms with Crippen molar-refractivity contribution >= 4 is 23.1 Å². The van der Waals surface area contributed by atoms with E-state index < -0.39 is 0 Å². The zero-order valence-corrected chi connectivity index (χ0v) is 21.6. The molecule has 1 aromatic heterocycles. The van der Waals surface area contributed by atoms with E-state index in [-0.39, 0.29) is 11.5 Å². The summed E-state index contributed by atoms with van der Waals surface area (Å²) in [6.07, 6.45) is 12.1. The van der Waals surface area contributed by atoms with Crippen LogP contribution in [0.1, 0.15) is 69.3 Å². The fraction of sp³-hybridized carbons (Fsp3) is 0.419. The maximum atomic E-state index is 10.6. The lowest BCUT2D eigenvalue weighted by Gasteiger charge is -2.47. The summed E-state index contributed by atoms with van der Waals surface area (Å²) in [6, 6.07) is 10.2. The lowest BCUT2D eigenvalue weighted by Crippen LogP contribution is -2.45. The van der Waals surface area contributed by atoms with Crippen molar-refractivity contribution < 1.29 is 14.6 Å². The Hall–Kier alpha value is -3.14. The summed E-state index contributed by atoms with van der Waals surface area (Å²) in [5.74, 6) is 2.54. The molecule has 0 spiro atoms. The number of phenolic OH excluding ortho intramolecular Hbond substituents is 1. The molecule has 2 heterocycles. The van der Waals surface area contributed by atoms with E-state index in [1.807, 2.05) is 24.3 Å². The van der Waals surface area contributed by atoms with Crippen molar-refractivity contribution in [2.24, 2.45) is 11.3 Å². The maximum absolute atomic E-state index is 10.6. The van der Waals surface area contributed by atoms with Gasteiger partial charge in [0.1, 0.15) is 11.9 Å². The molecule has 2 unspecified atom stereocenters. The highest BCUT2D eigenvalue weighted by atomic mass is 16.5. The number of fused-ring (bicyclic) bond motifs is 3. The molecule has 2 N–H and O–H groups in total. The van der Waals surface area contributed by atoms with Gasteiger partial charge in [-0.3, -0.25) is 0 Å². The number of H-pyrrole nitrogens is 1. The van der Waals surface area contributed by atoms with Crippen LogP contribution < -0.4 is 9.47 Å². The minimum Gasteiger partial charge on any atom is -0.507 e. The van der Waals surface area contributed by atoms with Gasteiger partial charge >= 0.3 is 0 Å². The van der Waals surface area contributed by atoms with E-state index in [0.29, 0.717) is 11.7 Å². The van der Waals surface area contributed by atoms with Gasteiger partial charge in [-0.1, -0.05) is 37.6 Å². The van der Waals surface area contributed by atoms with Crippen molar-refractivity contribution in [2.45, 2.75) is 65.9 Å². The minimum atomic E-state index is 0.277. The van der Waals surface area contributed by atoms with Crippen molar-refractivity contribution in [1.82, 2.24) is 4.98 Å². The van der Waals surface area contributed by atoms with Crippen LogP contribution in [0.4, 0.5) is 0 Å². The van der Waals surface area contributed by atoms with Crippen LogP contribution >= 0.6 is 0 Å². The van der Waals surface area contributed by atoms with Crippen LogP contribution in [0.5, 0.6) is 17.2 Å². The number of hydrogen-bond acceptors (Lipinski definition) is 3. The second-order valence-corrected chi connectivity index (χ2v) is 11.2. The predicted octanol–water partition coefficient (Wildman–Crippen LogP) is 7.69. The zero-order chi connectivity index (χ0) is 24.7. The molecule has 5 rings (SSSR count). The van der Waals surface area contributed by atoms with Crippen LogP contribution in [0, 0.1) is 11.3 Å². The minimum absolute atomic E-state index is 0.277. The number of methoxy groups -OCH3 is 1. The number of aromatic nitrogens is 1. The van der Waals surface area contributed by atoms with E-state index in [2.05, 4.69) is 57.0 Å². The first-order valence-electron chi connectivity index (χ1n) is 12.8. The molecule has 0 saturated heterocycles. The summed E-state index contributed by atoms with van der Waals surface area (Å²) in [7, 11) is 1.72. The molecule has 2 aliphatic rings.